The van der Waals surface area contributed by atoms with E-state index in [2.05, 4.69) is 11.1 Å². The molecule has 3 rings (SSSR count). The lowest BCUT2D eigenvalue weighted by molar-refractivity contribution is 0.413. The molecule has 2 aromatic carbocycles. The van der Waals surface area contributed by atoms with Gasteiger partial charge in [0.25, 0.3) is 5.56 Å². The fourth-order valence-corrected chi connectivity index (χ4v) is 2.99. The van der Waals surface area contributed by atoms with Gasteiger partial charge < -0.3 is 19.4 Å². The number of anilines is 2. The number of hydrogen-bond donors (Lipinski definition) is 1. The molecule has 0 saturated carbocycles. The zero-order chi connectivity index (χ0) is 18.8. The number of fused-ring (bicyclic) bond motifs is 1. The fraction of sp³-hybridized carbons (Fsp3) is 0.158. The van der Waals surface area contributed by atoms with Crippen LogP contribution in [-0.2, 0) is 0 Å². The van der Waals surface area contributed by atoms with Crippen LogP contribution >= 0.6 is 11.6 Å². The summed E-state index contributed by atoms with van der Waals surface area (Å²) in [7, 11) is 4.78. The van der Waals surface area contributed by atoms with E-state index in [1.807, 2.05) is 0 Å². The van der Waals surface area contributed by atoms with Gasteiger partial charge in [-0.3, -0.25) is 4.79 Å². The SMILES string of the molecule is COc1cc(N(C)c2cc3cc(Cl)cc(OC)c3[nH]c2=O)ccc1C#N. The number of aromatic nitrogens is 1. The number of nitriles is 1. The van der Waals surface area contributed by atoms with Crippen LogP contribution < -0.4 is 19.9 Å². The maximum atomic E-state index is 12.6. The summed E-state index contributed by atoms with van der Waals surface area (Å²) in [5, 5.41) is 10.4. The molecule has 0 unspecified atom stereocenters. The third-order valence-corrected chi connectivity index (χ3v) is 4.35. The van der Waals surface area contributed by atoms with Gasteiger partial charge in [-0.1, -0.05) is 11.6 Å². The number of nitrogens with zero attached hydrogens (tertiary/aromatic N) is 2. The van der Waals surface area contributed by atoms with Crippen LogP contribution in [0.3, 0.4) is 0 Å². The third kappa shape index (κ3) is 3.05. The highest BCUT2D eigenvalue weighted by Crippen LogP contribution is 2.32. The van der Waals surface area contributed by atoms with Crippen molar-refractivity contribution in [3.05, 3.63) is 57.3 Å². The zero-order valence-corrected chi connectivity index (χ0v) is 15.2. The second-order valence-corrected chi connectivity index (χ2v) is 6.05. The summed E-state index contributed by atoms with van der Waals surface area (Å²) < 4.78 is 10.5. The average Bonchev–Trinajstić information content (AvgIpc) is 2.66. The number of halogens is 1. The second-order valence-electron chi connectivity index (χ2n) is 5.61. The molecule has 0 spiro atoms. The van der Waals surface area contributed by atoms with Crippen molar-refractivity contribution in [2.75, 3.05) is 26.2 Å². The standard InChI is InChI=1S/C19H16ClN3O3/c1-23(14-5-4-11(10-21)16(9-14)25-2)15-7-12-6-13(20)8-17(26-3)18(12)22-19(15)24/h4-9H,1-3H3,(H,22,24). The molecule has 0 aliphatic rings. The highest BCUT2D eigenvalue weighted by Gasteiger charge is 2.14. The number of benzene rings is 2. The molecule has 1 N–H and O–H groups in total. The number of H-pyrrole nitrogens is 1. The number of methoxy groups -OCH3 is 2. The fourth-order valence-electron chi connectivity index (χ4n) is 2.77. The molecule has 0 fully saturated rings. The first-order valence-electron chi connectivity index (χ1n) is 7.71. The molecule has 1 aromatic heterocycles. The molecule has 7 heteroatoms. The Kier molecular flexibility index (Phi) is 4.74. The highest BCUT2D eigenvalue weighted by molar-refractivity contribution is 6.31. The Balaban J connectivity index is 2.14. The maximum absolute atomic E-state index is 12.6. The molecule has 3 aromatic rings. The Labute approximate surface area is 155 Å². The minimum atomic E-state index is -0.274. The number of rotatable bonds is 4. The first kappa shape index (κ1) is 17.6. The van der Waals surface area contributed by atoms with E-state index >= 15 is 0 Å². The largest absolute Gasteiger partial charge is 0.495 e. The molecule has 0 bridgehead atoms. The van der Waals surface area contributed by atoms with Gasteiger partial charge in [-0.15, -0.1) is 0 Å². The Bertz CT molecular complexity index is 1090. The van der Waals surface area contributed by atoms with Crippen molar-refractivity contribution >= 4 is 33.9 Å². The van der Waals surface area contributed by atoms with Crippen LogP contribution in [0, 0.1) is 11.3 Å². The van der Waals surface area contributed by atoms with E-state index in [-0.39, 0.29) is 5.56 Å². The van der Waals surface area contributed by atoms with Gasteiger partial charge in [-0.25, -0.2) is 0 Å². The van der Waals surface area contributed by atoms with Crippen molar-refractivity contribution in [2.45, 2.75) is 0 Å². The lowest BCUT2D eigenvalue weighted by Crippen LogP contribution is -2.20. The summed E-state index contributed by atoms with van der Waals surface area (Å²) >= 11 is 6.13. The van der Waals surface area contributed by atoms with Crippen molar-refractivity contribution in [3.8, 4) is 17.6 Å². The van der Waals surface area contributed by atoms with Crippen LogP contribution in [0.1, 0.15) is 5.56 Å². The molecule has 132 valence electrons. The lowest BCUT2D eigenvalue weighted by Gasteiger charge is -2.20. The van der Waals surface area contributed by atoms with Gasteiger partial charge in [0.1, 0.15) is 23.3 Å². The Morgan fingerprint density at radius 3 is 2.50 bits per heavy atom. The molecule has 0 saturated heterocycles. The first-order valence-corrected chi connectivity index (χ1v) is 8.08. The molecule has 0 atom stereocenters. The van der Waals surface area contributed by atoms with Gasteiger partial charge in [-0.05, 0) is 24.3 Å². The molecule has 0 aliphatic heterocycles. The third-order valence-electron chi connectivity index (χ3n) is 4.13. The van der Waals surface area contributed by atoms with Gasteiger partial charge in [0, 0.05) is 35.3 Å². The van der Waals surface area contributed by atoms with Crippen molar-refractivity contribution < 1.29 is 9.47 Å². The zero-order valence-electron chi connectivity index (χ0n) is 14.5. The Morgan fingerprint density at radius 2 is 1.85 bits per heavy atom. The molecule has 26 heavy (non-hydrogen) atoms. The van der Waals surface area contributed by atoms with Crippen molar-refractivity contribution in [2.24, 2.45) is 0 Å². The van der Waals surface area contributed by atoms with Gasteiger partial charge in [0.05, 0.1) is 25.3 Å². The van der Waals surface area contributed by atoms with E-state index in [4.69, 9.17) is 26.3 Å². The van der Waals surface area contributed by atoms with Gasteiger partial charge in [-0.2, -0.15) is 5.26 Å². The van der Waals surface area contributed by atoms with Crippen LogP contribution in [-0.4, -0.2) is 26.3 Å². The maximum Gasteiger partial charge on any atom is 0.272 e. The van der Waals surface area contributed by atoms with Crippen LogP contribution in [0.25, 0.3) is 10.9 Å². The number of hydrogen-bond acceptors (Lipinski definition) is 5. The van der Waals surface area contributed by atoms with Crippen molar-refractivity contribution in [3.63, 3.8) is 0 Å². The summed E-state index contributed by atoms with van der Waals surface area (Å²) in [5.41, 5.74) is 1.86. The van der Waals surface area contributed by atoms with E-state index in [1.54, 1.807) is 48.3 Å². The smallest absolute Gasteiger partial charge is 0.272 e. The molecule has 6 nitrogen and oxygen atoms in total. The summed E-state index contributed by atoms with van der Waals surface area (Å²) in [6.45, 7) is 0. The minimum Gasteiger partial charge on any atom is -0.495 e. The van der Waals surface area contributed by atoms with Crippen LogP contribution in [0.15, 0.2) is 41.2 Å². The molecular weight excluding hydrogens is 354 g/mol. The van der Waals surface area contributed by atoms with Gasteiger partial charge in [0.2, 0.25) is 0 Å². The van der Waals surface area contributed by atoms with E-state index < -0.39 is 0 Å². The summed E-state index contributed by atoms with van der Waals surface area (Å²) in [6, 6.07) is 12.3. The number of nitrogens with one attached hydrogen (secondary N) is 1. The monoisotopic (exact) mass is 369 g/mol. The Hall–Kier alpha value is -3.17. The first-order chi connectivity index (χ1) is 12.5. The molecule has 0 amide bonds. The predicted molar refractivity (Wildman–Crippen MR) is 102 cm³/mol. The normalized spacial score (nSPS) is 10.4. The minimum absolute atomic E-state index is 0.274. The highest BCUT2D eigenvalue weighted by atomic mass is 35.5. The van der Waals surface area contributed by atoms with Crippen LogP contribution in [0.2, 0.25) is 5.02 Å². The number of ether oxygens (including phenoxy) is 2. The van der Waals surface area contributed by atoms with Crippen molar-refractivity contribution in [1.29, 1.82) is 5.26 Å². The van der Waals surface area contributed by atoms with E-state index in [0.29, 0.717) is 39.0 Å². The number of pyridine rings is 1. The average molecular weight is 370 g/mol. The summed E-state index contributed by atoms with van der Waals surface area (Å²) in [6.07, 6.45) is 0. The molecule has 0 radical (unpaired) electrons. The van der Waals surface area contributed by atoms with Crippen molar-refractivity contribution in [1.82, 2.24) is 4.98 Å². The van der Waals surface area contributed by atoms with E-state index in [0.717, 1.165) is 5.39 Å². The molecular formula is C19H16ClN3O3. The van der Waals surface area contributed by atoms with Crippen LogP contribution in [0.4, 0.5) is 11.4 Å². The quantitative estimate of drug-likeness (QED) is 0.756. The lowest BCUT2D eigenvalue weighted by atomic mass is 10.1. The van der Waals surface area contributed by atoms with Gasteiger partial charge >= 0.3 is 0 Å². The number of aromatic amines is 1. The Morgan fingerprint density at radius 1 is 1.12 bits per heavy atom. The second kappa shape index (κ2) is 6.98. The predicted octanol–water partition coefficient (Wildman–Crippen LogP) is 3.84. The van der Waals surface area contributed by atoms with E-state index in [1.165, 1.54) is 14.2 Å². The summed E-state index contributed by atoms with van der Waals surface area (Å²) in [4.78, 5) is 17.2. The van der Waals surface area contributed by atoms with Gasteiger partial charge in [0.15, 0.2) is 0 Å². The topological polar surface area (TPSA) is 78.3 Å². The summed E-state index contributed by atoms with van der Waals surface area (Å²) in [5.74, 6) is 0.942. The van der Waals surface area contributed by atoms with Crippen LogP contribution in [0.5, 0.6) is 11.5 Å². The molecule has 0 aliphatic carbocycles. The van der Waals surface area contributed by atoms with E-state index in [9.17, 15) is 4.79 Å². The molecule has 1 heterocycles.